The van der Waals surface area contributed by atoms with Crippen LogP contribution in [-0.2, 0) is 10.2 Å². The van der Waals surface area contributed by atoms with Crippen molar-refractivity contribution in [3.8, 4) is 0 Å². The zero-order valence-corrected chi connectivity index (χ0v) is 11.0. The number of rotatable bonds is 4. The molecule has 0 unspecified atom stereocenters. The second-order valence-electron chi connectivity index (χ2n) is 4.45. The molecule has 0 amide bonds. The molecule has 1 rings (SSSR count). The number of amidine groups is 1. The van der Waals surface area contributed by atoms with E-state index in [9.17, 15) is 8.42 Å². The van der Waals surface area contributed by atoms with Gasteiger partial charge in [0.2, 0.25) is 0 Å². The standard InChI is InChI=1S/C9H20N4O3S/c1-3-11-17(15,16)13-6-4-9(2,5-7-13)8(10)12-14/h11,14H,3-7H2,1-2H3,(H2,10,12). The van der Waals surface area contributed by atoms with Gasteiger partial charge in [0.25, 0.3) is 10.2 Å². The first-order chi connectivity index (χ1) is 7.85. The predicted molar refractivity (Wildman–Crippen MR) is 64.9 cm³/mol. The highest BCUT2D eigenvalue weighted by Gasteiger charge is 2.37. The summed E-state index contributed by atoms with van der Waals surface area (Å²) in [4.78, 5) is 0. The Balaban J connectivity index is 2.69. The first kappa shape index (κ1) is 14.2. The minimum absolute atomic E-state index is 0.165. The van der Waals surface area contributed by atoms with E-state index in [-0.39, 0.29) is 5.84 Å². The smallest absolute Gasteiger partial charge is 0.279 e. The summed E-state index contributed by atoms with van der Waals surface area (Å²) in [5, 5.41) is 11.7. The third-order valence-corrected chi connectivity index (χ3v) is 4.92. The first-order valence-electron chi connectivity index (χ1n) is 5.58. The molecule has 8 heteroatoms. The summed E-state index contributed by atoms with van der Waals surface area (Å²) < 4.78 is 27.3. The van der Waals surface area contributed by atoms with Crippen molar-refractivity contribution in [1.29, 1.82) is 0 Å². The van der Waals surface area contributed by atoms with Crippen molar-refractivity contribution in [2.24, 2.45) is 16.3 Å². The van der Waals surface area contributed by atoms with Gasteiger partial charge in [-0.1, -0.05) is 19.0 Å². The fraction of sp³-hybridized carbons (Fsp3) is 0.889. The molecular formula is C9H20N4O3S. The highest BCUT2D eigenvalue weighted by atomic mass is 32.2. The number of oxime groups is 1. The average molecular weight is 264 g/mol. The van der Waals surface area contributed by atoms with E-state index < -0.39 is 15.6 Å². The molecule has 4 N–H and O–H groups in total. The summed E-state index contributed by atoms with van der Waals surface area (Å²) in [6, 6.07) is 0. The minimum Gasteiger partial charge on any atom is -0.409 e. The molecule has 0 aromatic heterocycles. The Kier molecular flexibility index (Phi) is 4.34. The highest BCUT2D eigenvalue weighted by molar-refractivity contribution is 7.87. The fourth-order valence-corrected chi connectivity index (χ4v) is 3.08. The lowest BCUT2D eigenvalue weighted by molar-refractivity contribution is 0.228. The molecule has 0 spiro atoms. The summed E-state index contributed by atoms with van der Waals surface area (Å²) in [5.41, 5.74) is 5.19. The van der Waals surface area contributed by atoms with E-state index in [2.05, 4.69) is 9.88 Å². The molecule has 1 aliphatic heterocycles. The van der Waals surface area contributed by atoms with Gasteiger partial charge in [-0.25, -0.2) is 4.72 Å². The van der Waals surface area contributed by atoms with E-state index in [1.54, 1.807) is 6.92 Å². The van der Waals surface area contributed by atoms with Crippen LogP contribution in [0, 0.1) is 5.41 Å². The van der Waals surface area contributed by atoms with Crippen molar-refractivity contribution in [3.05, 3.63) is 0 Å². The normalized spacial score (nSPS) is 22.6. The van der Waals surface area contributed by atoms with Crippen molar-refractivity contribution in [2.45, 2.75) is 26.7 Å². The molecule has 1 saturated heterocycles. The zero-order valence-electron chi connectivity index (χ0n) is 10.2. The average Bonchev–Trinajstić information content (AvgIpc) is 2.28. The molecule has 0 bridgehead atoms. The number of nitrogens with one attached hydrogen (secondary N) is 1. The Morgan fingerprint density at radius 1 is 1.53 bits per heavy atom. The largest absolute Gasteiger partial charge is 0.409 e. The van der Waals surface area contributed by atoms with E-state index in [0.29, 0.717) is 32.5 Å². The van der Waals surface area contributed by atoms with Gasteiger partial charge in [0.05, 0.1) is 0 Å². The lowest BCUT2D eigenvalue weighted by Crippen LogP contribution is -2.50. The van der Waals surface area contributed by atoms with Crippen LogP contribution in [-0.4, -0.2) is 43.4 Å². The Morgan fingerprint density at radius 3 is 2.47 bits per heavy atom. The molecule has 0 aromatic carbocycles. The van der Waals surface area contributed by atoms with Crippen molar-refractivity contribution >= 4 is 16.0 Å². The van der Waals surface area contributed by atoms with Crippen molar-refractivity contribution in [2.75, 3.05) is 19.6 Å². The maximum absolute atomic E-state index is 11.7. The summed E-state index contributed by atoms with van der Waals surface area (Å²) in [5.74, 6) is 0.165. The molecule has 0 atom stereocenters. The van der Waals surface area contributed by atoms with Crippen LogP contribution in [0.15, 0.2) is 5.16 Å². The fourth-order valence-electron chi connectivity index (χ4n) is 1.87. The van der Waals surface area contributed by atoms with Crippen LogP contribution in [0.4, 0.5) is 0 Å². The first-order valence-corrected chi connectivity index (χ1v) is 7.02. The molecule has 0 radical (unpaired) electrons. The molecular weight excluding hydrogens is 244 g/mol. The molecule has 0 aliphatic carbocycles. The van der Waals surface area contributed by atoms with Crippen LogP contribution in [0.5, 0.6) is 0 Å². The van der Waals surface area contributed by atoms with Crippen LogP contribution in [0.3, 0.4) is 0 Å². The molecule has 100 valence electrons. The second kappa shape index (κ2) is 5.19. The maximum Gasteiger partial charge on any atom is 0.279 e. The van der Waals surface area contributed by atoms with Gasteiger partial charge in [-0.15, -0.1) is 0 Å². The van der Waals surface area contributed by atoms with Gasteiger partial charge in [-0.3, -0.25) is 0 Å². The summed E-state index contributed by atoms with van der Waals surface area (Å²) >= 11 is 0. The number of hydrogen-bond acceptors (Lipinski definition) is 4. The van der Waals surface area contributed by atoms with Crippen LogP contribution >= 0.6 is 0 Å². The summed E-state index contributed by atoms with van der Waals surface area (Å²) in [6.07, 6.45) is 1.10. The van der Waals surface area contributed by atoms with Gasteiger partial charge in [0.1, 0.15) is 5.84 Å². The number of piperidine rings is 1. The SMILES string of the molecule is CCNS(=O)(=O)N1CCC(C)(C(N)=NO)CC1. The van der Waals surface area contributed by atoms with Gasteiger partial charge >= 0.3 is 0 Å². The van der Waals surface area contributed by atoms with Gasteiger partial charge in [-0.05, 0) is 12.8 Å². The quantitative estimate of drug-likeness (QED) is 0.280. The number of nitrogens with two attached hydrogens (primary N) is 1. The van der Waals surface area contributed by atoms with Gasteiger partial charge in [0.15, 0.2) is 0 Å². The lowest BCUT2D eigenvalue weighted by atomic mass is 9.80. The molecule has 1 aliphatic rings. The minimum atomic E-state index is -3.38. The predicted octanol–water partition coefficient (Wildman–Crippen LogP) is -0.311. The summed E-state index contributed by atoms with van der Waals surface area (Å²) in [7, 11) is -3.38. The summed E-state index contributed by atoms with van der Waals surface area (Å²) in [6.45, 7) is 4.74. The van der Waals surface area contributed by atoms with Crippen molar-refractivity contribution < 1.29 is 13.6 Å². The Hall–Kier alpha value is -0.860. The third-order valence-electron chi connectivity index (χ3n) is 3.22. The van der Waals surface area contributed by atoms with Crippen molar-refractivity contribution in [1.82, 2.24) is 9.03 Å². The van der Waals surface area contributed by atoms with Gasteiger partial charge < -0.3 is 10.9 Å². The molecule has 17 heavy (non-hydrogen) atoms. The number of nitrogens with zero attached hydrogens (tertiary/aromatic N) is 2. The molecule has 0 aromatic rings. The molecule has 1 heterocycles. The van der Waals surface area contributed by atoms with Crippen LogP contribution in [0.1, 0.15) is 26.7 Å². The van der Waals surface area contributed by atoms with Crippen LogP contribution in [0.25, 0.3) is 0 Å². The molecule has 0 saturated carbocycles. The lowest BCUT2D eigenvalue weighted by Gasteiger charge is -2.37. The van der Waals surface area contributed by atoms with E-state index in [0.717, 1.165) is 0 Å². The Bertz CT molecular complexity index is 385. The molecule has 1 fully saturated rings. The van der Waals surface area contributed by atoms with E-state index in [1.165, 1.54) is 4.31 Å². The maximum atomic E-state index is 11.7. The molecule has 7 nitrogen and oxygen atoms in total. The monoisotopic (exact) mass is 264 g/mol. The van der Waals surface area contributed by atoms with Crippen LogP contribution < -0.4 is 10.5 Å². The second-order valence-corrected chi connectivity index (χ2v) is 6.20. The van der Waals surface area contributed by atoms with E-state index >= 15 is 0 Å². The van der Waals surface area contributed by atoms with Gasteiger partial charge in [0, 0.05) is 25.0 Å². The van der Waals surface area contributed by atoms with Crippen molar-refractivity contribution in [3.63, 3.8) is 0 Å². The van der Waals surface area contributed by atoms with E-state index in [4.69, 9.17) is 10.9 Å². The van der Waals surface area contributed by atoms with Gasteiger partial charge in [-0.2, -0.15) is 12.7 Å². The number of hydrogen-bond donors (Lipinski definition) is 3. The van der Waals surface area contributed by atoms with Crippen LogP contribution in [0.2, 0.25) is 0 Å². The Morgan fingerprint density at radius 2 is 2.06 bits per heavy atom. The Labute approximate surface area is 102 Å². The third kappa shape index (κ3) is 3.08. The zero-order chi connectivity index (χ0) is 13.1. The topological polar surface area (TPSA) is 108 Å². The highest BCUT2D eigenvalue weighted by Crippen LogP contribution is 2.31. The van der Waals surface area contributed by atoms with E-state index in [1.807, 2.05) is 6.92 Å².